The summed E-state index contributed by atoms with van der Waals surface area (Å²) in [6.45, 7) is 1.66. The van der Waals surface area contributed by atoms with Crippen molar-refractivity contribution in [2.75, 3.05) is 6.54 Å². The first-order chi connectivity index (χ1) is 7.75. The van der Waals surface area contributed by atoms with Crippen LogP contribution in [0.5, 0.6) is 0 Å². The monoisotopic (exact) mass is 285 g/mol. The van der Waals surface area contributed by atoms with Crippen molar-refractivity contribution in [1.82, 2.24) is 5.32 Å². The molecule has 0 amide bonds. The second-order valence-corrected chi connectivity index (χ2v) is 5.43. The molecule has 1 aromatic rings. The summed E-state index contributed by atoms with van der Waals surface area (Å²) < 4.78 is 14.3. The Morgan fingerprint density at radius 2 is 2.06 bits per heavy atom. The van der Waals surface area contributed by atoms with Gasteiger partial charge in [0.1, 0.15) is 5.82 Å². The topological polar surface area (TPSA) is 12.0 Å². The van der Waals surface area contributed by atoms with Gasteiger partial charge in [0, 0.05) is 16.6 Å². The minimum atomic E-state index is -0.131. The van der Waals surface area contributed by atoms with Gasteiger partial charge in [0.15, 0.2) is 0 Å². The van der Waals surface area contributed by atoms with Crippen molar-refractivity contribution >= 4 is 15.9 Å². The van der Waals surface area contributed by atoms with Gasteiger partial charge in [0.2, 0.25) is 0 Å². The van der Waals surface area contributed by atoms with Crippen molar-refractivity contribution in [3.63, 3.8) is 0 Å². The van der Waals surface area contributed by atoms with E-state index in [4.69, 9.17) is 0 Å². The van der Waals surface area contributed by atoms with E-state index in [1.165, 1.54) is 31.7 Å². The van der Waals surface area contributed by atoms with Gasteiger partial charge in [-0.05, 0) is 37.4 Å². The predicted molar refractivity (Wildman–Crippen MR) is 67.8 cm³/mol. The van der Waals surface area contributed by atoms with Crippen LogP contribution in [0.15, 0.2) is 22.7 Å². The highest BCUT2D eigenvalue weighted by molar-refractivity contribution is 9.10. The van der Waals surface area contributed by atoms with Gasteiger partial charge in [0.05, 0.1) is 0 Å². The van der Waals surface area contributed by atoms with E-state index in [0.29, 0.717) is 6.54 Å². The van der Waals surface area contributed by atoms with Crippen molar-refractivity contribution < 1.29 is 4.39 Å². The lowest BCUT2D eigenvalue weighted by atomic mass is 10.1. The van der Waals surface area contributed by atoms with Crippen molar-refractivity contribution in [2.45, 2.75) is 32.2 Å². The minimum Gasteiger partial charge on any atom is -0.312 e. The average molecular weight is 286 g/mol. The maximum atomic E-state index is 13.5. The number of nitrogens with one attached hydrogen (secondary N) is 1. The molecule has 0 heterocycles. The van der Waals surface area contributed by atoms with E-state index in [1.807, 2.05) is 12.1 Å². The molecule has 1 saturated carbocycles. The lowest BCUT2D eigenvalue weighted by Gasteiger charge is -2.11. The van der Waals surface area contributed by atoms with Gasteiger partial charge in [-0.15, -0.1) is 0 Å². The lowest BCUT2D eigenvalue weighted by molar-refractivity contribution is 0.483. The van der Waals surface area contributed by atoms with Crippen LogP contribution in [0.25, 0.3) is 0 Å². The maximum absolute atomic E-state index is 13.5. The normalized spacial score (nSPS) is 16.9. The number of benzene rings is 1. The fourth-order valence-corrected chi connectivity index (χ4v) is 2.62. The first-order valence-corrected chi connectivity index (χ1v) is 6.69. The van der Waals surface area contributed by atoms with Gasteiger partial charge in [-0.25, -0.2) is 4.39 Å². The first kappa shape index (κ1) is 12.1. The number of hydrogen-bond donors (Lipinski definition) is 1. The Balaban J connectivity index is 1.80. The molecule has 0 saturated heterocycles. The molecule has 88 valence electrons. The molecule has 1 fully saturated rings. The Morgan fingerprint density at radius 3 is 2.75 bits per heavy atom. The van der Waals surface area contributed by atoms with Crippen molar-refractivity contribution in [2.24, 2.45) is 5.92 Å². The summed E-state index contributed by atoms with van der Waals surface area (Å²) in [6, 6.07) is 5.24. The van der Waals surface area contributed by atoms with E-state index in [2.05, 4.69) is 21.2 Å². The Morgan fingerprint density at radius 1 is 1.31 bits per heavy atom. The molecular formula is C13H17BrFN. The summed E-state index contributed by atoms with van der Waals surface area (Å²) in [6.07, 6.45) is 5.38. The third kappa shape index (κ3) is 3.29. The molecule has 1 N–H and O–H groups in total. The molecule has 16 heavy (non-hydrogen) atoms. The molecule has 1 aliphatic rings. The molecule has 3 heteroatoms. The second-order valence-electron chi connectivity index (χ2n) is 4.52. The Bertz CT molecular complexity index is 348. The molecule has 0 atom stereocenters. The average Bonchev–Trinajstić information content (AvgIpc) is 2.74. The zero-order valence-electron chi connectivity index (χ0n) is 9.31. The van der Waals surface area contributed by atoms with Crippen LogP contribution in [0.2, 0.25) is 0 Å². The Labute approximate surface area is 105 Å². The third-order valence-electron chi connectivity index (χ3n) is 3.24. The molecule has 0 aromatic heterocycles. The highest BCUT2D eigenvalue weighted by Gasteiger charge is 2.14. The Kier molecular flexibility index (Phi) is 4.36. The zero-order chi connectivity index (χ0) is 11.4. The van der Waals surface area contributed by atoms with Crippen molar-refractivity contribution in [1.29, 1.82) is 0 Å². The molecule has 1 aliphatic carbocycles. The molecular weight excluding hydrogens is 269 g/mol. The summed E-state index contributed by atoms with van der Waals surface area (Å²) in [5.41, 5.74) is 0.751. The summed E-state index contributed by atoms with van der Waals surface area (Å²) in [7, 11) is 0. The van der Waals surface area contributed by atoms with E-state index >= 15 is 0 Å². The first-order valence-electron chi connectivity index (χ1n) is 5.90. The fraction of sp³-hybridized carbons (Fsp3) is 0.538. The number of hydrogen-bond acceptors (Lipinski definition) is 1. The lowest BCUT2D eigenvalue weighted by Crippen LogP contribution is -2.21. The Hall–Kier alpha value is -0.410. The van der Waals surface area contributed by atoms with Crippen LogP contribution in [0.1, 0.15) is 31.2 Å². The molecule has 0 unspecified atom stereocenters. The SMILES string of the molecule is Fc1cc(Br)ccc1CNCC1CCCC1. The summed E-state index contributed by atoms with van der Waals surface area (Å²) in [5, 5.41) is 3.35. The zero-order valence-corrected chi connectivity index (χ0v) is 10.9. The molecule has 0 spiro atoms. The second kappa shape index (κ2) is 5.78. The molecule has 0 bridgehead atoms. The highest BCUT2D eigenvalue weighted by Crippen LogP contribution is 2.24. The molecule has 2 rings (SSSR count). The van der Waals surface area contributed by atoms with E-state index in [9.17, 15) is 4.39 Å². The smallest absolute Gasteiger partial charge is 0.128 e. The molecule has 0 radical (unpaired) electrons. The highest BCUT2D eigenvalue weighted by atomic mass is 79.9. The summed E-state index contributed by atoms with van der Waals surface area (Å²) in [5.74, 6) is 0.673. The summed E-state index contributed by atoms with van der Waals surface area (Å²) in [4.78, 5) is 0. The number of halogens is 2. The van der Waals surface area contributed by atoms with Gasteiger partial charge in [-0.3, -0.25) is 0 Å². The predicted octanol–water partition coefficient (Wildman–Crippen LogP) is 3.87. The number of rotatable bonds is 4. The van der Waals surface area contributed by atoms with Gasteiger partial charge in [-0.2, -0.15) is 0 Å². The minimum absolute atomic E-state index is 0.131. The summed E-state index contributed by atoms with van der Waals surface area (Å²) >= 11 is 3.26. The van der Waals surface area contributed by atoms with E-state index in [1.54, 1.807) is 0 Å². The van der Waals surface area contributed by atoms with E-state index in [-0.39, 0.29) is 5.82 Å². The third-order valence-corrected chi connectivity index (χ3v) is 3.73. The quantitative estimate of drug-likeness (QED) is 0.886. The van der Waals surface area contributed by atoms with Gasteiger partial charge < -0.3 is 5.32 Å². The molecule has 1 aromatic carbocycles. The van der Waals surface area contributed by atoms with Crippen LogP contribution >= 0.6 is 15.9 Å². The van der Waals surface area contributed by atoms with Crippen molar-refractivity contribution in [3.8, 4) is 0 Å². The maximum Gasteiger partial charge on any atom is 0.128 e. The van der Waals surface area contributed by atoms with Crippen LogP contribution in [-0.4, -0.2) is 6.54 Å². The van der Waals surface area contributed by atoms with E-state index in [0.717, 1.165) is 22.5 Å². The van der Waals surface area contributed by atoms with Crippen molar-refractivity contribution in [3.05, 3.63) is 34.1 Å². The van der Waals surface area contributed by atoms with Crippen LogP contribution in [0.4, 0.5) is 4.39 Å². The van der Waals surface area contributed by atoms with Gasteiger partial charge in [-0.1, -0.05) is 34.8 Å². The van der Waals surface area contributed by atoms with Gasteiger partial charge in [0.25, 0.3) is 0 Å². The van der Waals surface area contributed by atoms with Crippen LogP contribution < -0.4 is 5.32 Å². The van der Waals surface area contributed by atoms with E-state index < -0.39 is 0 Å². The van der Waals surface area contributed by atoms with Crippen LogP contribution in [-0.2, 0) is 6.54 Å². The molecule has 0 aliphatic heterocycles. The molecule has 1 nitrogen and oxygen atoms in total. The van der Waals surface area contributed by atoms with Crippen LogP contribution in [0, 0.1) is 11.7 Å². The fourth-order valence-electron chi connectivity index (χ4n) is 2.29. The van der Waals surface area contributed by atoms with Gasteiger partial charge >= 0.3 is 0 Å². The largest absolute Gasteiger partial charge is 0.312 e. The standard InChI is InChI=1S/C13H17BrFN/c14-12-6-5-11(13(15)7-12)9-16-8-10-3-1-2-4-10/h5-7,10,16H,1-4,8-9H2. The van der Waals surface area contributed by atoms with Crippen LogP contribution in [0.3, 0.4) is 0 Å².